The van der Waals surface area contributed by atoms with Crippen LogP contribution in [0, 0.1) is 11.8 Å². The Morgan fingerprint density at radius 3 is 2.44 bits per heavy atom. The summed E-state index contributed by atoms with van der Waals surface area (Å²) in [7, 11) is 0. The fourth-order valence-corrected chi connectivity index (χ4v) is 1.49. The van der Waals surface area contributed by atoms with Crippen LogP contribution < -0.4 is 4.74 Å². The number of para-hydroxylation sites is 2. The standard InChI is InChI=1S/C16H14O2/c17-13-7-6-9-14-8-4-5-12-16(14)18-15-10-2-1-3-11-15/h1-5,8,10-12,17H,7,13H2. The van der Waals surface area contributed by atoms with Gasteiger partial charge in [-0.15, -0.1) is 0 Å². The van der Waals surface area contributed by atoms with Crippen molar-refractivity contribution in [1.29, 1.82) is 0 Å². The van der Waals surface area contributed by atoms with Gasteiger partial charge in [0.2, 0.25) is 0 Å². The summed E-state index contributed by atoms with van der Waals surface area (Å²) < 4.78 is 5.78. The van der Waals surface area contributed by atoms with Gasteiger partial charge < -0.3 is 9.84 Å². The van der Waals surface area contributed by atoms with E-state index < -0.39 is 0 Å². The molecular weight excluding hydrogens is 224 g/mol. The quantitative estimate of drug-likeness (QED) is 0.832. The van der Waals surface area contributed by atoms with E-state index in [4.69, 9.17) is 9.84 Å². The van der Waals surface area contributed by atoms with Gasteiger partial charge in [-0.2, -0.15) is 0 Å². The minimum atomic E-state index is 0.0781. The van der Waals surface area contributed by atoms with E-state index in [0.717, 1.165) is 17.1 Å². The summed E-state index contributed by atoms with van der Waals surface area (Å²) in [5.41, 5.74) is 0.829. The minimum Gasteiger partial charge on any atom is -0.456 e. The van der Waals surface area contributed by atoms with Crippen LogP contribution in [-0.2, 0) is 0 Å². The van der Waals surface area contributed by atoms with Crippen LogP contribution in [0.25, 0.3) is 0 Å². The van der Waals surface area contributed by atoms with E-state index in [1.165, 1.54) is 0 Å². The average Bonchev–Trinajstić information content (AvgIpc) is 2.42. The van der Waals surface area contributed by atoms with E-state index in [9.17, 15) is 0 Å². The van der Waals surface area contributed by atoms with Gasteiger partial charge in [-0.05, 0) is 24.3 Å². The monoisotopic (exact) mass is 238 g/mol. The molecule has 0 aromatic heterocycles. The molecule has 0 radical (unpaired) electrons. The van der Waals surface area contributed by atoms with Crippen molar-refractivity contribution >= 4 is 0 Å². The SMILES string of the molecule is OCCC#Cc1ccccc1Oc1ccccc1. The molecule has 0 unspecified atom stereocenters. The largest absolute Gasteiger partial charge is 0.456 e. The lowest BCUT2D eigenvalue weighted by Crippen LogP contribution is -1.87. The Morgan fingerprint density at radius 1 is 0.944 bits per heavy atom. The molecule has 0 saturated carbocycles. The topological polar surface area (TPSA) is 29.5 Å². The normalized spacial score (nSPS) is 9.39. The van der Waals surface area contributed by atoms with Crippen molar-refractivity contribution in [3.05, 3.63) is 60.2 Å². The summed E-state index contributed by atoms with van der Waals surface area (Å²) in [5.74, 6) is 7.41. The Bertz CT molecular complexity index is 550. The molecule has 90 valence electrons. The molecule has 2 heteroatoms. The van der Waals surface area contributed by atoms with Crippen LogP contribution in [-0.4, -0.2) is 11.7 Å². The van der Waals surface area contributed by atoms with Gasteiger partial charge in [0.1, 0.15) is 11.5 Å². The van der Waals surface area contributed by atoms with Gasteiger partial charge in [0, 0.05) is 6.42 Å². The second-order valence-electron chi connectivity index (χ2n) is 3.69. The summed E-state index contributed by atoms with van der Waals surface area (Å²) >= 11 is 0. The molecule has 0 heterocycles. The first-order chi connectivity index (χ1) is 8.90. The zero-order valence-corrected chi connectivity index (χ0v) is 9.97. The fourth-order valence-electron chi connectivity index (χ4n) is 1.49. The summed E-state index contributed by atoms with van der Waals surface area (Å²) in [6, 6.07) is 17.2. The molecule has 2 aromatic carbocycles. The van der Waals surface area contributed by atoms with E-state index in [1.807, 2.05) is 54.6 Å². The highest BCUT2D eigenvalue weighted by Gasteiger charge is 2.01. The maximum atomic E-state index is 8.72. The van der Waals surface area contributed by atoms with Gasteiger partial charge in [0.15, 0.2) is 0 Å². The van der Waals surface area contributed by atoms with Crippen LogP contribution in [0.4, 0.5) is 0 Å². The molecule has 0 aliphatic rings. The van der Waals surface area contributed by atoms with Crippen molar-refractivity contribution in [2.24, 2.45) is 0 Å². The first-order valence-corrected chi connectivity index (χ1v) is 5.82. The van der Waals surface area contributed by atoms with E-state index >= 15 is 0 Å². The highest BCUT2D eigenvalue weighted by atomic mass is 16.5. The van der Waals surface area contributed by atoms with Crippen molar-refractivity contribution < 1.29 is 9.84 Å². The van der Waals surface area contributed by atoms with Crippen molar-refractivity contribution in [3.8, 4) is 23.3 Å². The molecule has 0 fully saturated rings. The summed E-state index contributed by atoms with van der Waals surface area (Å²) in [5, 5.41) is 8.72. The Morgan fingerprint density at radius 2 is 1.67 bits per heavy atom. The van der Waals surface area contributed by atoms with Crippen LogP contribution in [0.3, 0.4) is 0 Å². The summed E-state index contributed by atoms with van der Waals surface area (Å²) in [6.07, 6.45) is 0.472. The molecule has 2 rings (SSSR count). The number of aliphatic hydroxyl groups excluding tert-OH is 1. The van der Waals surface area contributed by atoms with Crippen molar-refractivity contribution in [3.63, 3.8) is 0 Å². The van der Waals surface area contributed by atoms with Gasteiger partial charge in [-0.25, -0.2) is 0 Å². The van der Waals surface area contributed by atoms with Crippen LogP contribution in [0.15, 0.2) is 54.6 Å². The lowest BCUT2D eigenvalue weighted by Gasteiger charge is -2.07. The van der Waals surface area contributed by atoms with Gasteiger partial charge in [0.05, 0.1) is 12.2 Å². The lowest BCUT2D eigenvalue weighted by atomic mass is 10.2. The van der Waals surface area contributed by atoms with Gasteiger partial charge in [-0.1, -0.05) is 42.2 Å². The van der Waals surface area contributed by atoms with Gasteiger partial charge in [0.25, 0.3) is 0 Å². The second-order valence-corrected chi connectivity index (χ2v) is 3.69. The van der Waals surface area contributed by atoms with Crippen molar-refractivity contribution in [2.75, 3.05) is 6.61 Å². The molecule has 0 amide bonds. The Hall–Kier alpha value is -2.24. The molecule has 1 N–H and O–H groups in total. The Kier molecular flexibility index (Phi) is 4.40. The van der Waals surface area contributed by atoms with Crippen LogP contribution in [0.1, 0.15) is 12.0 Å². The lowest BCUT2D eigenvalue weighted by molar-refractivity contribution is 0.305. The first-order valence-electron chi connectivity index (χ1n) is 5.82. The molecular formula is C16H14O2. The maximum Gasteiger partial charge on any atom is 0.143 e. The number of ether oxygens (including phenoxy) is 1. The maximum absolute atomic E-state index is 8.72. The number of rotatable bonds is 3. The third-order valence-corrected chi connectivity index (χ3v) is 2.32. The van der Waals surface area contributed by atoms with E-state index in [0.29, 0.717) is 6.42 Å². The Balaban J connectivity index is 2.21. The van der Waals surface area contributed by atoms with E-state index in [1.54, 1.807) is 0 Å². The number of benzene rings is 2. The predicted molar refractivity (Wildman–Crippen MR) is 71.5 cm³/mol. The molecule has 0 aliphatic heterocycles. The molecule has 2 nitrogen and oxygen atoms in total. The smallest absolute Gasteiger partial charge is 0.143 e. The molecule has 0 aliphatic carbocycles. The molecule has 0 atom stereocenters. The number of aliphatic hydroxyl groups is 1. The zero-order valence-electron chi connectivity index (χ0n) is 9.97. The van der Waals surface area contributed by atoms with Gasteiger partial charge in [-0.3, -0.25) is 0 Å². The van der Waals surface area contributed by atoms with Crippen LogP contribution in [0.2, 0.25) is 0 Å². The molecule has 2 aromatic rings. The molecule has 0 spiro atoms. The van der Waals surface area contributed by atoms with E-state index in [-0.39, 0.29) is 6.61 Å². The number of hydrogen-bond donors (Lipinski definition) is 1. The molecule has 0 bridgehead atoms. The molecule has 0 saturated heterocycles. The highest BCUT2D eigenvalue weighted by Crippen LogP contribution is 2.24. The van der Waals surface area contributed by atoms with Gasteiger partial charge >= 0.3 is 0 Å². The van der Waals surface area contributed by atoms with Crippen LogP contribution in [0.5, 0.6) is 11.5 Å². The van der Waals surface area contributed by atoms with Crippen molar-refractivity contribution in [2.45, 2.75) is 6.42 Å². The summed E-state index contributed by atoms with van der Waals surface area (Å²) in [6.45, 7) is 0.0781. The first kappa shape index (κ1) is 12.2. The Labute approximate surface area is 107 Å². The zero-order chi connectivity index (χ0) is 12.6. The van der Waals surface area contributed by atoms with Crippen molar-refractivity contribution in [1.82, 2.24) is 0 Å². The number of hydrogen-bond acceptors (Lipinski definition) is 2. The fraction of sp³-hybridized carbons (Fsp3) is 0.125. The minimum absolute atomic E-state index is 0.0781. The third-order valence-electron chi connectivity index (χ3n) is 2.32. The highest BCUT2D eigenvalue weighted by molar-refractivity contribution is 5.47. The summed E-state index contributed by atoms with van der Waals surface area (Å²) in [4.78, 5) is 0. The van der Waals surface area contributed by atoms with E-state index in [2.05, 4.69) is 11.8 Å². The average molecular weight is 238 g/mol. The predicted octanol–water partition coefficient (Wildman–Crippen LogP) is 3.21. The second kappa shape index (κ2) is 6.48. The third kappa shape index (κ3) is 3.38. The van der Waals surface area contributed by atoms with Crippen LogP contribution >= 0.6 is 0 Å². The molecule has 18 heavy (non-hydrogen) atoms.